The molecule has 1 aromatic rings. The van der Waals surface area contributed by atoms with Crippen LogP contribution in [0.25, 0.3) is 0 Å². The topological polar surface area (TPSA) is 29.0 Å². The van der Waals surface area contributed by atoms with Crippen LogP contribution in [0.4, 0.5) is 5.82 Å². The SMILES string of the molecule is Cc1nccnc1N1CCCCCC1CCl. The van der Waals surface area contributed by atoms with Crippen LogP contribution >= 0.6 is 11.6 Å². The zero-order valence-electron chi connectivity index (χ0n) is 9.69. The Balaban J connectivity index is 2.25. The fourth-order valence-electron chi connectivity index (χ4n) is 2.30. The third-order valence-electron chi connectivity index (χ3n) is 3.18. The number of aryl methyl sites for hydroxylation is 1. The number of hydrogen-bond donors (Lipinski definition) is 0. The molecule has 1 unspecified atom stereocenters. The van der Waals surface area contributed by atoms with E-state index in [0.717, 1.165) is 18.1 Å². The van der Waals surface area contributed by atoms with E-state index >= 15 is 0 Å². The summed E-state index contributed by atoms with van der Waals surface area (Å²) in [6.45, 7) is 3.06. The average Bonchev–Trinajstić information content (AvgIpc) is 2.54. The summed E-state index contributed by atoms with van der Waals surface area (Å²) in [7, 11) is 0. The van der Waals surface area contributed by atoms with Gasteiger partial charge < -0.3 is 4.90 Å². The van der Waals surface area contributed by atoms with Crippen molar-refractivity contribution in [1.82, 2.24) is 9.97 Å². The molecule has 3 nitrogen and oxygen atoms in total. The van der Waals surface area contributed by atoms with Gasteiger partial charge in [-0.2, -0.15) is 0 Å². The van der Waals surface area contributed by atoms with Gasteiger partial charge in [-0.3, -0.25) is 4.98 Å². The number of alkyl halides is 1. The Kier molecular flexibility index (Phi) is 3.99. The first kappa shape index (κ1) is 11.6. The second kappa shape index (κ2) is 5.48. The van der Waals surface area contributed by atoms with E-state index in [2.05, 4.69) is 14.9 Å². The van der Waals surface area contributed by atoms with Crippen LogP contribution in [0.2, 0.25) is 0 Å². The molecule has 1 saturated heterocycles. The minimum atomic E-state index is 0.416. The van der Waals surface area contributed by atoms with E-state index in [9.17, 15) is 0 Å². The maximum atomic E-state index is 6.06. The van der Waals surface area contributed by atoms with Crippen LogP contribution in [-0.2, 0) is 0 Å². The minimum Gasteiger partial charge on any atom is -0.351 e. The lowest BCUT2D eigenvalue weighted by atomic mass is 10.1. The summed E-state index contributed by atoms with van der Waals surface area (Å²) in [6.07, 6.45) is 8.46. The first-order valence-corrected chi connectivity index (χ1v) is 6.46. The van der Waals surface area contributed by atoms with Gasteiger partial charge in [0.25, 0.3) is 0 Å². The predicted molar refractivity (Wildman–Crippen MR) is 67.1 cm³/mol. The number of hydrogen-bond acceptors (Lipinski definition) is 3. The molecule has 0 radical (unpaired) electrons. The zero-order chi connectivity index (χ0) is 11.4. The van der Waals surface area contributed by atoms with Gasteiger partial charge in [0.1, 0.15) is 5.82 Å². The van der Waals surface area contributed by atoms with Crippen molar-refractivity contribution in [1.29, 1.82) is 0 Å². The average molecular weight is 240 g/mol. The van der Waals surface area contributed by atoms with Crippen LogP contribution in [0, 0.1) is 6.92 Å². The highest BCUT2D eigenvalue weighted by Gasteiger charge is 2.22. The lowest BCUT2D eigenvalue weighted by Gasteiger charge is -2.30. The number of rotatable bonds is 2. The van der Waals surface area contributed by atoms with Gasteiger partial charge in [-0.1, -0.05) is 12.8 Å². The van der Waals surface area contributed by atoms with Crippen LogP contribution in [0.3, 0.4) is 0 Å². The zero-order valence-corrected chi connectivity index (χ0v) is 10.5. The molecular formula is C12H18ClN3. The molecule has 0 amide bonds. The van der Waals surface area contributed by atoms with E-state index in [4.69, 9.17) is 11.6 Å². The minimum absolute atomic E-state index is 0.416. The third kappa shape index (κ3) is 2.46. The van der Waals surface area contributed by atoms with E-state index in [1.807, 2.05) is 6.92 Å². The van der Waals surface area contributed by atoms with E-state index < -0.39 is 0 Å². The van der Waals surface area contributed by atoms with Crippen LogP contribution in [0.5, 0.6) is 0 Å². The molecule has 16 heavy (non-hydrogen) atoms. The highest BCUT2D eigenvalue weighted by atomic mass is 35.5. The molecule has 88 valence electrons. The smallest absolute Gasteiger partial charge is 0.150 e. The molecule has 1 atom stereocenters. The van der Waals surface area contributed by atoms with Crippen molar-refractivity contribution in [2.45, 2.75) is 38.6 Å². The molecule has 0 bridgehead atoms. The quantitative estimate of drug-likeness (QED) is 0.744. The van der Waals surface area contributed by atoms with Crippen LogP contribution < -0.4 is 4.90 Å². The second-order valence-electron chi connectivity index (χ2n) is 4.32. The molecule has 1 fully saturated rings. The maximum absolute atomic E-state index is 6.06. The molecule has 0 aromatic carbocycles. The molecule has 2 heterocycles. The molecule has 1 aromatic heterocycles. The molecule has 0 aliphatic carbocycles. The molecule has 0 saturated carbocycles. The monoisotopic (exact) mass is 239 g/mol. The molecule has 1 aliphatic heterocycles. The van der Waals surface area contributed by atoms with Gasteiger partial charge in [0.15, 0.2) is 0 Å². The third-order valence-corrected chi connectivity index (χ3v) is 3.54. The van der Waals surface area contributed by atoms with Crippen molar-refractivity contribution in [2.24, 2.45) is 0 Å². The summed E-state index contributed by atoms with van der Waals surface area (Å²) >= 11 is 6.06. The van der Waals surface area contributed by atoms with Gasteiger partial charge in [0, 0.05) is 30.9 Å². The number of aromatic nitrogens is 2. The molecular weight excluding hydrogens is 222 g/mol. The normalized spacial score (nSPS) is 21.9. The van der Waals surface area contributed by atoms with Gasteiger partial charge in [0.2, 0.25) is 0 Å². The molecule has 2 rings (SSSR count). The van der Waals surface area contributed by atoms with Crippen molar-refractivity contribution < 1.29 is 0 Å². The van der Waals surface area contributed by atoms with Crippen LogP contribution in [-0.4, -0.2) is 28.4 Å². The Hall–Kier alpha value is -0.830. The van der Waals surface area contributed by atoms with E-state index in [-0.39, 0.29) is 0 Å². The molecule has 4 heteroatoms. The largest absolute Gasteiger partial charge is 0.351 e. The number of halogens is 1. The summed E-state index contributed by atoms with van der Waals surface area (Å²) in [5.41, 5.74) is 1.000. The Bertz CT molecular complexity index is 343. The van der Waals surface area contributed by atoms with E-state index in [1.54, 1.807) is 12.4 Å². The van der Waals surface area contributed by atoms with Crippen molar-refractivity contribution in [3.8, 4) is 0 Å². The van der Waals surface area contributed by atoms with Crippen LogP contribution in [0.15, 0.2) is 12.4 Å². The molecule has 0 N–H and O–H groups in total. The van der Waals surface area contributed by atoms with Gasteiger partial charge >= 0.3 is 0 Å². The van der Waals surface area contributed by atoms with Gasteiger partial charge in [0.05, 0.1) is 5.69 Å². The highest BCUT2D eigenvalue weighted by molar-refractivity contribution is 6.18. The summed E-state index contributed by atoms with van der Waals surface area (Å²) in [5, 5.41) is 0. The standard InChI is InChI=1S/C12H18ClN3/c1-10-12(15-7-6-14-10)16-8-4-2-3-5-11(16)9-13/h6-7,11H,2-5,8-9H2,1H3. The lowest BCUT2D eigenvalue weighted by Crippen LogP contribution is -2.37. The van der Waals surface area contributed by atoms with Crippen molar-refractivity contribution in [3.05, 3.63) is 18.1 Å². The van der Waals surface area contributed by atoms with Gasteiger partial charge in [-0.05, 0) is 19.8 Å². The Morgan fingerprint density at radius 3 is 2.88 bits per heavy atom. The van der Waals surface area contributed by atoms with Crippen molar-refractivity contribution in [2.75, 3.05) is 17.3 Å². The predicted octanol–water partition coefficient (Wildman–Crippen LogP) is 2.77. The molecule has 0 spiro atoms. The molecule has 1 aliphatic rings. The van der Waals surface area contributed by atoms with E-state index in [0.29, 0.717) is 11.9 Å². The Labute approximate surface area is 102 Å². The maximum Gasteiger partial charge on any atom is 0.150 e. The van der Waals surface area contributed by atoms with Gasteiger partial charge in [-0.25, -0.2) is 4.98 Å². The highest BCUT2D eigenvalue weighted by Crippen LogP contribution is 2.24. The van der Waals surface area contributed by atoms with Crippen molar-refractivity contribution in [3.63, 3.8) is 0 Å². The second-order valence-corrected chi connectivity index (χ2v) is 4.62. The summed E-state index contributed by atoms with van der Waals surface area (Å²) < 4.78 is 0. The first-order valence-electron chi connectivity index (χ1n) is 5.93. The fraction of sp³-hybridized carbons (Fsp3) is 0.667. The summed E-state index contributed by atoms with van der Waals surface area (Å²) in [6, 6.07) is 0.416. The number of anilines is 1. The van der Waals surface area contributed by atoms with Crippen molar-refractivity contribution >= 4 is 17.4 Å². The Morgan fingerprint density at radius 2 is 2.12 bits per heavy atom. The van der Waals surface area contributed by atoms with Crippen LogP contribution in [0.1, 0.15) is 31.4 Å². The fourth-order valence-corrected chi connectivity index (χ4v) is 2.62. The lowest BCUT2D eigenvalue weighted by molar-refractivity contribution is 0.613. The summed E-state index contributed by atoms with van der Waals surface area (Å²) in [4.78, 5) is 11.1. The van der Waals surface area contributed by atoms with E-state index in [1.165, 1.54) is 25.7 Å². The number of nitrogens with zero attached hydrogens (tertiary/aromatic N) is 3. The van der Waals surface area contributed by atoms with Gasteiger partial charge in [-0.15, -0.1) is 11.6 Å². The Morgan fingerprint density at radius 1 is 1.31 bits per heavy atom. The first-order chi connectivity index (χ1) is 7.83. The summed E-state index contributed by atoms with van der Waals surface area (Å²) in [5.74, 6) is 1.69.